The van der Waals surface area contributed by atoms with Crippen LogP contribution in [-0.4, -0.2) is 23.7 Å². The highest BCUT2D eigenvalue weighted by atomic mass is 35.5. The second-order valence-electron chi connectivity index (χ2n) is 5.93. The van der Waals surface area contributed by atoms with Crippen LogP contribution in [0.3, 0.4) is 0 Å². The molecular formula is C17H19ClN2O2S. The van der Waals surface area contributed by atoms with Gasteiger partial charge in [0.1, 0.15) is 10.0 Å². The van der Waals surface area contributed by atoms with Crippen molar-refractivity contribution in [2.75, 3.05) is 0 Å². The van der Waals surface area contributed by atoms with Gasteiger partial charge in [-0.2, -0.15) is 4.31 Å². The van der Waals surface area contributed by atoms with Crippen LogP contribution in [-0.2, 0) is 16.6 Å². The van der Waals surface area contributed by atoms with Gasteiger partial charge < -0.3 is 0 Å². The maximum Gasteiger partial charge on any atom is 0.245 e. The molecule has 0 bridgehead atoms. The Bertz CT molecular complexity index is 759. The van der Waals surface area contributed by atoms with E-state index in [-0.39, 0.29) is 16.1 Å². The van der Waals surface area contributed by atoms with E-state index < -0.39 is 10.0 Å². The molecule has 1 heterocycles. The summed E-state index contributed by atoms with van der Waals surface area (Å²) in [5.41, 5.74) is 0.977. The van der Waals surface area contributed by atoms with Crippen LogP contribution in [0.2, 0.25) is 5.15 Å². The van der Waals surface area contributed by atoms with Crippen molar-refractivity contribution in [3.05, 3.63) is 59.4 Å². The number of hydrogen-bond acceptors (Lipinski definition) is 3. The number of hydrogen-bond donors (Lipinski definition) is 0. The highest BCUT2D eigenvalue weighted by Gasteiger charge is 2.38. The fourth-order valence-electron chi connectivity index (χ4n) is 2.68. The van der Waals surface area contributed by atoms with Gasteiger partial charge in [-0.1, -0.05) is 41.9 Å². The van der Waals surface area contributed by atoms with Gasteiger partial charge in [0.25, 0.3) is 0 Å². The molecule has 2 aromatic rings. The van der Waals surface area contributed by atoms with Crippen molar-refractivity contribution in [2.24, 2.45) is 5.92 Å². The largest absolute Gasteiger partial charge is 0.245 e. The molecule has 0 amide bonds. The summed E-state index contributed by atoms with van der Waals surface area (Å²) in [4.78, 5) is 4.10. The van der Waals surface area contributed by atoms with Crippen LogP contribution in [0.5, 0.6) is 0 Å². The van der Waals surface area contributed by atoms with Gasteiger partial charge in [-0.25, -0.2) is 13.4 Å². The molecule has 1 aromatic heterocycles. The smallest absolute Gasteiger partial charge is 0.243 e. The summed E-state index contributed by atoms with van der Waals surface area (Å²) in [6.45, 7) is 2.35. The molecule has 0 radical (unpaired) electrons. The Morgan fingerprint density at radius 3 is 2.48 bits per heavy atom. The Labute approximate surface area is 142 Å². The summed E-state index contributed by atoms with van der Waals surface area (Å²) < 4.78 is 27.7. The Hall–Kier alpha value is -1.43. The quantitative estimate of drug-likeness (QED) is 0.746. The van der Waals surface area contributed by atoms with Crippen molar-refractivity contribution in [1.29, 1.82) is 0 Å². The number of pyridine rings is 1. The van der Waals surface area contributed by atoms with Crippen LogP contribution in [0.1, 0.15) is 25.3 Å². The Morgan fingerprint density at radius 2 is 1.91 bits per heavy atom. The zero-order valence-electron chi connectivity index (χ0n) is 12.9. The molecule has 6 heteroatoms. The van der Waals surface area contributed by atoms with Gasteiger partial charge in [0.05, 0.1) is 0 Å². The first-order chi connectivity index (χ1) is 11.0. The number of aromatic nitrogens is 1. The number of sulfonamides is 1. The lowest BCUT2D eigenvalue weighted by Gasteiger charge is -2.28. The third-order valence-corrected chi connectivity index (χ3v) is 6.39. The highest BCUT2D eigenvalue weighted by Crippen LogP contribution is 2.37. The van der Waals surface area contributed by atoms with E-state index >= 15 is 0 Å². The summed E-state index contributed by atoms with van der Waals surface area (Å²) >= 11 is 5.77. The van der Waals surface area contributed by atoms with Crippen molar-refractivity contribution in [3.8, 4) is 0 Å². The molecule has 0 saturated heterocycles. The molecular weight excluding hydrogens is 332 g/mol. The molecule has 23 heavy (non-hydrogen) atoms. The van der Waals surface area contributed by atoms with E-state index in [1.54, 1.807) is 4.31 Å². The molecule has 0 spiro atoms. The van der Waals surface area contributed by atoms with Gasteiger partial charge in [-0.3, -0.25) is 0 Å². The summed E-state index contributed by atoms with van der Waals surface area (Å²) in [6, 6.07) is 12.7. The van der Waals surface area contributed by atoms with Gasteiger partial charge in [0.2, 0.25) is 10.0 Å². The lowest BCUT2D eigenvalue weighted by atomic mass is 10.2. The second kappa shape index (κ2) is 6.59. The normalized spacial score (nSPS) is 16.5. The maximum absolute atomic E-state index is 13.1. The third kappa shape index (κ3) is 3.74. The molecule has 0 aliphatic heterocycles. The van der Waals surface area contributed by atoms with Gasteiger partial charge in [-0.15, -0.1) is 0 Å². The first kappa shape index (κ1) is 16.4. The van der Waals surface area contributed by atoms with Crippen LogP contribution in [0.25, 0.3) is 0 Å². The lowest BCUT2D eigenvalue weighted by molar-refractivity contribution is 0.303. The Balaban J connectivity index is 1.94. The Kier molecular flexibility index (Phi) is 4.71. The number of halogens is 1. The average Bonchev–Trinajstić information content (AvgIpc) is 3.38. The van der Waals surface area contributed by atoms with Crippen molar-refractivity contribution < 1.29 is 8.42 Å². The summed E-state index contributed by atoms with van der Waals surface area (Å²) in [5, 5.41) is 0.286. The van der Waals surface area contributed by atoms with Gasteiger partial charge >= 0.3 is 0 Å². The minimum Gasteiger partial charge on any atom is -0.243 e. The van der Waals surface area contributed by atoms with E-state index in [0.717, 1.165) is 18.4 Å². The van der Waals surface area contributed by atoms with E-state index in [1.807, 2.05) is 37.3 Å². The maximum atomic E-state index is 13.1. The van der Waals surface area contributed by atoms with Gasteiger partial charge in [-0.05, 0) is 43.4 Å². The topological polar surface area (TPSA) is 50.3 Å². The Morgan fingerprint density at radius 1 is 1.22 bits per heavy atom. The predicted molar refractivity (Wildman–Crippen MR) is 90.6 cm³/mol. The zero-order valence-corrected chi connectivity index (χ0v) is 14.5. The molecule has 122 valence electrons. The number of rotatable bonds is 6. The molecule has 3 rings (SSSR count). The van der Waals surface area contributed by atoms with E-state index in [1.165, 1.54) is 18.3 Å². The van der Waals surface area contributed by atoms with E-state index in [9.17, 15) is 8.42 Å². The fourth-order valence-corrected chi connectivity index (χ4v) is 4.41. The highest BCUT2D eigenvalue weighted by molar-refractivity contribution is 7.89. The van der Waals surface area contributed by atoms with Crippen LogP contribution < -0.4 is 0 Å². The van der Waals surface area contributed by atoms with Crippen LogP contribution >= 0.6 is 11.6 Å². The van der Waals surface area contributed by atoms with Crippen LogP contribution in [0.15, 0.2) is 53.6 Å². The number of nitrogens with zero attached hydrogens (tertiary/aromatic N) is 2. The molecule has 1 atom stereocenters. The molecule has 1 aliphatic rings. The van der Waals surface area contributed by atoms with Crippen molar-refractivity contribution in [1.82, 2.24) is 9.29 Å². The number of benzene rings is 1. The minimum atomic E-state index is -3.61. The van der Waals surface area contributed by atoms with E-state index in [2.05, 4.69) is 4.98 Å². The second-order valence-corrected chi connectivity index (χ2v) is 8.21. The van der Waals surface area contributed by atoms with Crippen molar-refractivity contribution in [2.45, 2.75) is 37.2 Å². The summed E-state index contributed by atoms with van der Waals surface area (Å²) in [6.07, 6.45) is 3.50. The van der Waals surface area contributed by atoms with Crippen molar-refractivity contribution in [3.63, 3.8) is 0 Å². The zero-order chi connectivity index (χ0) is 16.4. The minimum absolute atomic E-state index is 0.0316. The van der Waals surface area contributed by atoms with Crippen LogP contribution in [0.4, 0.5) is 0 Å². The molecule has 1 saturated carbocycles. The summed E-state index contributed by atoms with van der Waals surface area (Å²) in [5.74, 6) is 0.439. The first-order valence-corrected chi connectivity index (χ1v) is 9.47. The average molecular weight is 351 g/mol. The van der Waals surface area contributed by atoms with Crippen LogP contribution in [0, 0.1) is 5.92 Å². The van der Waals surface area contributed by atoms with Gasteiger partial charge in [0.15, 0.2) is 0 Å². The molecule has 0 N–H and O–H groups in total. The first-order valence-electron chi connectivity index (χ1n) is 7.66. The third-order valence-electron chi connectivity index (χ3n) is 4.25. The van der Waals surface area contributed by atoms with E-state index in [4.69, 9.17) is 11.6 Å². The monoisotopic (exact) mass is 350 g/mol. The summed E-state index contributed by atoms with van der Waals surface area (Å²) in [7, 11) is -3.61. The lowest BCUT2D eigenvalue weighted by Crippen LogP contribution is -2.39. The van der Waals surface area contributed by atoms with Gasteiger partial charge in [0, 0.05) is 18.8 Å². The van der Waals surface area contributed by atoms with E-state index in [0.29, 0.717) is 12.5 Å². The fraction of sp³-hybridized carbons (Fsp3) is 0.353. The van der Waals surface area contributed by atoms with Crippen molar-refractivity contribution >= 4 is 21.6 Å². The standard InChI is InChI=1S/C17H19ClN2O2S/c1-13(15-7-8-15)20(12-14-5-3-2-4-6-14)23(21,22)16-9-10-17(18)19-11-16/h2-6,9-11,13,15H,7-8,12H2,1H3. The molecule has 1 fully saturated rings. The molecule has 4 nitrogen and oxygen atoms in total. The predicted octanol–water partition coefficient (Wildman–Crippen LogP) is 3.72. The molecule has 1 aliphatic carbocycles. The SMILES string of the molecule is CC(C1CC1)N(Cc1ccccc1)S(=O)(=O)c1ccc(Cl)nc1. The molecule has 1 aromatic carbocycles. The molecule has 1 unspecified atom stereocenters.